The van der Waals surface area contributed by atoms with Crippen LogP contribution in [0.3, 0.4) is 0 Å². The van der Waals surface area contributed by atoms with Crippen molar-refractivity contribution in [2.45, 2.75) is 9.92 Å². The Hall–Kier alpha value is -2.67. The maximum atomic E-state index is 11.1. The van der Waals surface area contributed by atoms with Crippen LogP contribution < -0.4 is 5.11 Å². The van der Waals surface area contributed by atoms with Crippen molar-refractivity contribution in [3.63, 3.8) is 0 Å². The van der Waals surface area contributed by atoms with E-state index in [4.69, 9.17) is 0 Å². The lowest BCUT2D eigenvalue weighted by Crippen LogP contribution is -2.18. The van der Waals surface area contributed by atoms with Gasteiger partial charge in [-0.3, -0.25) is 10.1 Å². The molecule has 0 saturated carbocycles. The first-order chi connectivity index (χ1) is 10.1. The van der Waals surface area contributed by atoms with Crippen LogP contribution in [0.2, 0.25) is 0 Å². The predicted octanol–water partition coefficient (Wildman–Crippen LogP) is 1.90. The van der Waals surface area contributed by atoms with Crippen molar-refractivity contribution in [3.05, 3.63) is 64.3 Å². The lowest BCUT2D eigenvalue weighted by atomic mass is 10.2. The Balaban J connectivity index is 2.33. The number of carbonyl (C=O) groups is 1. The molecule has 0 aliphatic carbocycles. The molecule has 106 valence electrons. The molecular formula is C14H9N2O4S-. The van der Waals surface area contributed by atoms with Gasteiger partial charge in [0.2, 0.25) is 0 Å². The average molecular weight is 301 g/mol. The molecule has 0 spiro atoms. The van der Waals surface area contributed by atoms with E-state index in [0.29, 0.717) is 15.5 Å². The second kappa shape index (κ2) is 6.67. The standard InChI is InChI=1S/C14H10N2O4S/c17-14(18)7-5-10-4-6-12(11(9-10)16(19)20)21-13-3-1-2-8-15-13/h1-9H,(H,17,18)/p-1/b7-5+. The van der Waals surface area contributed by atoms with Crippen LogP contribution in [0.15, 0.2) is 58.6 Å². The molecule has 6 nitrogen and oxygen atoms in total. The lowest BCUT2D eigenvalue weighted by Gasteiger charge is -2.03. The fourth-order valence-corrected chi connectivity index (χ4v) is 2.41. The van der Waals surface area contributed by atoms with Gasteiger partial charge in [0.1, 0.15) is 5.03 Å². The number of aliphatic carboxylic acids is 1. The highest BCUT2D eigenvalue weighted by Crippen LogP contribution is 2.34. The summed E-state index contributed by atoms with van der Waals surface area (Å²) in [4.78, 5) is 25.5. The van der Waals surface area contributed by atoms with E-state index in [2.05, 4.69) is 4.98 Å². The summed E-state index contributed by atoms with van der Waals surface area (Å²) in [5.74, 6) is -1.36. The van der Waals surface area contributed by atoms with Crippen LogP contribution in [-0.2, 0) is 4.79 Å². The van der Waals surface area contributed by atoms with Gasteiger partial charge in [-0.2, -0.15) is 0 Å². The highest BCUT2D eigenvalue weighted by atomic mass is 32.2. The van der Waals surface area contributed by atoms with Crippen molar-refractivity contribution in [1.29, 1.82) is 0 Å². The zero-order valence-electron chi connectivity index (χ0n) is 10.6. The minimum atomic E-state index is -1.36. The van der Waals surface area contributed by atoms with Gasteiger partial charge in [-0.05, 0) is 29.8 Å². The third-order valence-electron chi connectivity index (χ3n) is 2.44. The van der Waals surface area contributed by atoms with Gasteiger partial charge >= 0.3 is 0 Å². The molecule has 2 rings (SSSR count). The highest BCUT2D eigenvalue weighted by molar-refractivity contribution is 7.99. The highest BCUT2D eigenvalue weighted by Gasteiger charge is 2.15. The maximum absolute atomic E-state index is 11.1. The third-order valence-corrected chi connectivity index (χ3v) is 3.46. The van der Waals surface area contributed by atoms with Crippen molar-refractivity contribution in [2.24, 2.45) is 0 Å². The predicted molar refractivity (Wildman–Crippen MR) is 75.5 cm³/mol. The number of nitro groups is 1. The number of carboxylic acids is 1. The molecule has 1 aromatic carbocycles. The van der Waals surface area contributed by atoms with Crippen molar-refractivity contribution in [3.8, 4) is 0 Å². The zero-order chi connectivity index (χ0) is 15.2. The molecule has 0 unspecified atom stereocenters. The van der Waals surface area contributed by atoms with Crippen molar-refractivity contribution >= 4 is 29.5 Å². The number of carboxylic acid groups (broad SMARTS) is 1. The molecule has 21 heavy (non-hydrogen) atoms. The van der Waals surface area contributed by atoms with Crippen LogP contribution in [0.25, 0.3) is 6.08 Å². The van der Waals surface area contributed by atoms with E-state index in [1.54, 1.807) is 36.5 Å². The van der Waals surface area contributed by atoms with Crippen molar-refractivity contribution in [2.75, 3.05) is 0 Å². The van der Waals surface area contributed by atoms with Crippen LogP contribution in [0, 0.1) is 10.1 Å². The Labute approximate surface area is 124 Å². The molecule has 0 N–H and O–H groups in total. The number of pyridine rings is 1. The largest absolute Gasteiger partial charge is 0.545 e. The molecule has 1 heterocycles. The van der Waals surface area contributed by atoms with Crippen LogP contribution in [0.1, 0.15) is 5.56 Å². The van der Waals surface area contributed by atoms with Gasteiger partial charge in [-0.1, -0.05) is 30.0 Å². The third kappa shape index (κ3) is 4.15. The number of nitrogens with zero attached hydrogens (tertiary/aromatic N) is 2. The van der Waals surface area contributed by atoms with Gasteiger partial charge in [0, 0.05) is 12.3 Å². The number of nitro benzene ring substituents is 1. The number of hydrogen-bond acceptors (Lipinski definition) is 6. The molecule has 2 aromatic rings. The van der Waals surface area contributed by atoms with E-state index in [1.807, 2.05) is 0 Å². The molecule has 0 aliphatic rings. The van der Waals surface area contributed by atoms with Gasteiger partial charge in [0.15, 0.2) is 0 Å². The fourth-order valence-electron chi connectivity index (χ4n) is 1.55. The monoisotopic (exact) mass is 301 g/mol. The molecule has 0 saturated heterocycles. The molecule has 0 bridgehead atoms. The molecular weight excluding hydrogens is 292 g/mol. The normalized spacial score (nSPS) is 10.7. The first-order valence-electron chi connectivity index (χ1n) is 5.82. The van der Waals surface area contributed by atoms with Crippen LogP contribution >= 0.6 is 11.8 Å². The van der Waals surface area contributed by atoms with Gasteiger partial charge in [-0.15, -0.1) is 0 Å². The van der Waals surface area contributed by atoms with Crippen molar-refractivity contribution < 1.29 is 14.8 Å². The quantitative estimate of drug-likeness (QED) is 0.475. The van der Waals surface area contributed by atoms with Crippen LogP contribution in [0.4, 0.5) is 5.69 Å². The number of carbonyl (C=O) groups excluding carboxylic acids is 1. The van der Waals surface area contributed by atoms with Crippen molar-refractivity contribution in [1.82, 2.24) is 4.98 Å². The number of rotatable bonds is 5. The summed E-state index contributed by atoms with van der Waals surface area (Å²) in [6.07, 6.45) is 3.67. The van der Waals surface area contributed by atoms with Crippen LogP contribution in [0.5, 0.6) is 0 Å². The Morgan fingerprint density at radius 1 is 1.29 bits per heavy atom. The SMILES string of the molecule is O=C([O-])/C=C/c1ccc(Sc2ccccn2)c([N+](=O)[O-])c1. The summed E-state index contributed by atoms with van der Waals surface area (Å²) in [5.41, 5.74) is 0.308. The summed E-state index contributed by atoms with van der Waals surface area (Å²) < 4.78 is 0. The summed E-state index contributed by atoms with van der Waals surface area (Å²) in [6, 6.07) is 9.76. The number of hydrogen-bond donors (Lipinski definition) is 0. The van der Waals surface area contributed by atoms with Gasteiger partial charge < -0.3 is 9.90 Å². The second-order valence-electron chi connectivity index (χ2n) is 3.91. The Kier molecular flexibility index (Phi) is 4.68. The maximum Gasteiger partial charge on any atom is 0.283 e. The molecule has 1 aromatic heterocycles. The van der Waals surface area contributed by atoms with Gasteiger partial charge in [-0.25, -0.2) is 4.98 Å². The van der Waals surface area contributed by atoms with Crippen LogP contribution in [-0.4, -0.2) is 15.9 Å². The summed E-state index contributed by atoms with van der Waals surface area (Å²) >= 11 is 1.17. The van der Waals surface area contributed by atoms with Gasteiger partial charge in [0.25, 0.3) is 5.69 Å². The van der Waals surface area contributed by atoms with E-state index in [0.717, 1.165) is 6.08 Å². The van der Waals surface area contributed by atoms with E-state index in [1.165, 1.54) is 23.9 Å². The van der Waals surface area contributed by atoms with E-state index >= 15 is 0 Å². The summed E-state index contributed by atoms with van der Waals surface area (Å²) in [6.45, 7) is 0. The summed E-state index contributed by atoms with van der Waals surface area (Å²) in [7, 11) is 0. The fraction of sp³-hybridized carbons (Fsp3) is 0. The smallest absolute Gasteiger partial charge is 0.283 e. The van der Waals surface area contributed by atoms with E-state index in [-0.39, 0.29) is 5.69 Å². The summed E-state index contributed by atoms with van der Waals surface area (Å²) in [5, 5.41) is 22.1. The first kappa shape index (κ1) is 14.7. The second-order valence-corrected chi connectivity index (χ2v) is 4.97. The first-order valence-corrected chi connectivity index (χ1v) is 6.64. The van der Waals surface area contributed by atoms with Gasteiger partial charge in [0.05, 0.1) is 15.8 Å². The molecule has 7 heteroatoms. The number of aromatic nitrogens is 1. The lowest BCUT2D eigenvalue weighted by molar-refractivity contribution is -0.387. The molecule has 0 amide bonds. The topological polar surface area (TPSA) is 96.2 Å². The molecule has 0 radical (unpaired) electrons. The average Bonchev–Trinajstić information content (AvgIpc) is 2.47. The molecule has 0 aliphatic heterocycles. The number of benzene rings is 1. The zero-order valence-corrected chi connectivity index (χ0v) is 11.4. The Morgan fingerprint density at radius 2 is 2.10 bits per heavy atom. The Morgan fingerprint density at radius 3 is 2.71 bits per heavy atom. The minimum absolute atomic E-state index is 0.105. The minimum Gasteiger partial charge on any atom is -0.545 e. The molecule has 0 atom stereocenters. The Bertz CT molecular complexity index is 701. The van der Waals surface area contributed by atoms with E-state index in [9.17, 15) is 20.0 Å². The van der Waals surface area contributed by atoms with E-state index < -0.39 is 10.9 Å². The molecule has 0 fully saturated rings.